The molecule has 0 radical (unpaired) electrons. The fraction of sp³-hybridized carbons (Fsp3) is 0.458. The first kappa shape index (κ1) is 51.6. The highest BCUT2D eigenvalue weighted by atomic mass is 31.2. The van der Waals surface area contributed by atoms with Crippen molar-refractivity contribution in [1.29, 1.82) is 0 Å². The first-order valence-electron chi connectivity index (χ1n) is 22.3. The van der Waals surface area contributed by atoms with E-state index in [0.29, 0.717) is 11.5 Å². The molecule has 21 heteroatoms. The maximum atomic E-state index is 15.0. The van der Waals surface area contributed by atoms with Crippen molar-refractivity contribution in [3.8, 4) is 11.5 Å². The van der Waals surface area contributed by atoms with Crippen molar-refractivity contribution in [3.63, 3.8) is 0 Å². The number of methoxy groups -OCH3 is 3. The third kappa shape index (κ3) is 10.9. The number of hydrogen-bond donors (Lipinski definition) is 2. The minimum atomic E-state index is -4.30. The van der Waals surface area contributed by atoms with Gasteiger partial charge in [0, 0.05) is 44.7 Å². The Balaban J connectivity index is 1.24. The van der Waals surface area contributed by atoms with Gasteiger partial charge in [0.2, 0.25) is 0 Å². The van der Waals surface area contributed by atoms with E-state index in [1.165, 1.54) is 41.8 Å². The molecule has 372 valence electrons. The third-order valence-corrected chi connectivity index (χ3v) is 19.1. The summed E-state index contributed by atoms with van der Waals surface area (Å²) in [5, 5.41) is -0.283. The van der Waals surface area contributed by atoms with Crippen LogP contribution < -0.4 is 32.0 Å². The van der Waals surface area contributed by atoms with Crippen molar-refractivity contribution in [2.45, 2.75) is 101 Å². The van der Waals surface area contributed by atoms with Crippen molar-refractivity contribution in [3.05, 3.63) is 161 Å². The van der Waals surface area contributed by atoms with Gasteiger partial charge in [0.25, 0.3) is 11.1 Å². The Morgan fingerprint density at radius 3 is 1.91 bits per heavy atom. The SMILES string of the molecule is COc1ccc(C(OC[C@H]2O[C@@H](n3cc(C)c(=O)[nH]c3=O)C[C@@H]2OP(=O)(CO[C@H]2O[C@@H](n3ccc(=O)[nH]c3=O)[C@H](OC)[C@@H]2O[Si](C)(C)C(C)(C)C)OC)(c2ccccc2)c2ccc(OC)cc2)cc1. The number of hydrogen-bond acceptors (Lipinski definition) is 15. The molecule has 2 N–H and O–H groups in total. The van der Waals surface area contributed by atoms with Crippen LogP contribution in [0.25, 0.3) is 0 Å². The van der Waals surface area contributed by atoms with Gasteiger partial charge < -0.3 is 46.6 Å². The van der Waals surface area contributed by atoms with E-state index in [2.05, 4.69) is 30.7 Å². The van der Waals surface area contributed by atoms with Crippen LogP contribution in [0.1, 0.15) is 61.9 Å². The molecular formula is C48H61N4O15PSi. The number of aromatic amines is 2. The predicted molar refractivity (Wildman–Crippen MR) is 256 cm³/mol. The van der Waals surface area contributed by atoms with Crippen LogP contribution in [0.3, 0.4) is 0 Å². The lowest BCUT2D eigenvalue weighted by Gasteiger charge is -2.40. The fourth-order valence-electron chi connectivity index (χ4n) is 8.20. The number of aromatic nitrogens is 4. The topological polar surface area (TPSA) is 219 Å². The summed E-state index contributed by atoms with van der Waals surface area (Å²) in [6, 6.07) is 25.7. The number of aryl methyl sites for hydroxylation is 1. The Bertz CT molecular complexity index is 2780. The smallest absolute Gasteiger partial charge is 0.356 e. The van der Waals surface area contributed by atoms with E-state index in [4.69, 9.17) is 46.6 Å². The molecule has 2 aliphatic rings. The molecule has 2 saturated heterocycles. The summed E-state index contributed by atoms with van der Waals surface area (Å²) in [6.07, 6.45) is -5.46. The maximum Gasteiger partial charge on any atom is 0.356 e. The molecule has 8 atom stereocenters. The number of benzene rings is 3. The summed E-state index contributed by atoms with van der Waals surface area (Å²) >= 11 is 0. The van der Waals surface area contributed by atoms with E-state index in [9.17, 15) is 23.7 Å². The van der Waals surface area contributed by atoms with Gasteiger partial charge in [-0.15, -0.1) is 0 Å². The van der Waals surface area contributed by atoms with Gasteiger partial charge in [-0.05, 0) is 66.0 Å². The molecule has 3 aromatic carbocycles. The highest BCUT2D eigenvalue weighted by molar-refractivity contribution is 7.53. The summed E-state index contributed by atoms with van der Waals surface area (Å²) in [4.78, 5) is 55.5. The molecule has 1 unspecified atom stereocenters. The molecule has 7 rings (SSSR count). The summed E-state index contributed by atoms with van der Waals surface area (Å²) in [7, 11) is -1.10. The van der Waals surface area contributed by atoms with Gasteiger partial charge in [0.05, 0.1) is 20.8 Å². The molecule has 0 spiro atoms. The first-order valence-corrected chi connectivity index (χ1v) is 27.0. The zero-order chi connectivity index (χ0) is 49.9. The summed E-state index contributed by atoms with van der Waals surface area (Å²) in [5.74, 6) is 1.26. The van der Waals surface area contributed by atoms with Gasteiger partial charge >= 0.3 is 19.0 Å². The molecule has 0 aliphatic carbocycles. The molecule has 0 saturated carbocycles. The van der Waals surface area contributed by atoms with Crippen LogP contribution in [0.2, 0.25) is 18.1 Å². The van der Waals surface area contributed by atoms with Gasteiger partial charge in [0.15, 0.2) is 27.2 Å². The molecular weight excluding hydrogens is 932 g/mol. The predicted octanol–water partition coefficient (Wildman–Crippen LogP) is 6.17. The Labute approximate surface area is 400 Å². The van der Waals surface area contributed by atoms with E-state index in [1.54, 1.807) is 21.1 Å². The van der Waals surface area contributed by atoms with Crippen LogP contribution in [-0.2, 0) is 47.3 Å². The van der Waals surface area contributed by atoms with Gasteiger partial charge in [0.1, 0.15) is 47.7 Å². The zero-order valence-electron chi connectivity index (χ0n) is 40.4. The second-order valence-electron chi connectivity index (χ2n) is 18.3. The molecule has 5 aromatic rings. The Morgan fingerprint density at radius 2 is 1.36 bits per heavy atom. The van der Waals surface area contributed by atoms with Crippen molar-refractivity contribution >= 4 is 15.9 Å². The Morgan fingerprint density at radius 1 is 0.768 bits per heavy atom. The van der Waals surface area contributed by atoms with E-state index in [-0.39, 0.29) is 23.6 Å². The zero-order valence-corrected chi connectivity index (χ0v) is 42.3. The van der Waals surface area contributed by atoms with Crippen LogP contribution in [-0.4, -0.2) is 99.5 Å². The molecule has 2 aliphatic heterocycles. The fourth-order valence-corrected chi connectivity index (χ4v) is 10.7. The monoisotopic (exact) mass is 992 g/mol. The lowest BCUT2D eigenvalue weighted by atomic mass is 9.80. The van der Waals surface area contributed by atoms with Gasteiger partial charge in [-0.2, -0.15) is 0 Å². The molecule has 2 aromatic heterocycles. The van der Waals surface area contributed by atoms with E-state index in [1.807, 2.05) is 92.0 Å². The minimum Gasteiger partial charge on any atom is -0.497 e. The minimum absolute atomic E-state index is 0.0455. The third-order valence-electron chi connectivity index (χ3n) is 13.0. The van der Waals surface area contributed by atoms with Crippen LogP contribution in [0.15, 0.2) is 117 Å². The second-order valence-corrected chi connectivity index (χ2v) is 25.2. The Kier molecular flexibility index (Phi) is 15.7. The molecule has 4 heterocycles. The van der Waals surface area contributed by atoms with Gasteiger partial charge in [-0.25, -0.2) is 9.59 Å². The average molecular weight is 993 g/mol. The summed E-state index contributed by atoms with van der Waals surface area (Å²) in [6.45, 7) is 11.6. The van der Waals surface area contributed by atoms with Crippen molar-refractivity contribution < 1.29 is 51.2 Å². The maximum absolute atomic E-state index is 15.0. The molecule has 19 nitrogen and oxygen atoms in total. The van der Waals surface area contributed by atoms with E-state index < -0.39 is 93.5 Å². The normalized spacial score (nSPS) is 22.9. The molecule has 0 amide bonds. The van der Waals surface area contributed by atoms with E-state index >= 15 is 0 Å². The quantitative estimate of drug-likeness (QED) is 0.0537. The van der Waals surface area contributed by atoms with Crippen LogP contribution in [0.5, 0.6) is 11.5 Å². The number of rotatable bonds is 19. The van der Waals surface area contributed by atoms with Gasteiger partial charge in [-0.1, -0.05) is 75.4 Å². The van der Waals surface area contributed by atoms with Crippen LogP contribution in [0, 0.1) is 6.92 Å². The van der Waals surface area contributed by atoms with Crippen molar-refractivity contribution in [2.24, 2.45) is 0 Å². The first-order chi connectivity index (χ1) is 32.8. The number of ether oxygens (including phenoxy) is 7. The van der Waals surface area contributed by atoms with Crippen molar-refractivity contribution in [1.82, 2.24) is 19.1 Å². The van der Waals surface area contributed by atoms with Gasteiger partial charge in [-0.3, -0.25) is 33.3 Å². The summed E-state index contributed by atoms with van der Waals surface area (Å²) < 4.78 is 79.7. The molecule has 2 fully saturated rings. The van der Waals surface area contributed by atoms with Crippen LogP contribution in [0.4, 0.5) is 0 Å². The highest BCUT2D eigenvalue weighted by Crippen LogP contribution is 2.53. The lowest BCUT2D eigenvalue weighted by Crippen LogP contribution is -2.50. The van der Waals surface area contributed by atoms with E-state index in [0.717, 1.165) is 16.7 Å². The number of nitrogens with zero attached hydrogens (tertiary/aromatic N) is 2. The molecule has 0 bridgehead atoms. The summed E-state index contributed by atoms with van der Waals surface area (Å²) in [5.41, 5.74) is -1.43. The lowest BCUT2D eigenvalue weighted by molar-refractivity contribution is -0.167. The standard InChI is InChI=1S/C48H61N4O15PSi/c1-30-27-52(46(56)50-42(30)54)39-26-36(37(64-39)28-63-48(31-14-12-11-13-15-31,32-16-20-34(58-5)21-17-32)33-18-22-35(59-6)23-19-33)66-68(57,61-8)29-62-44-41(67-69(9,10)47(2,3)4)40(60-7)43(65-44)51-25-24-38(53)49-45(51)55/h11-25,27,36-37,39-41,43-44H,26,28-29H2,1-10H3,(H,49,53,55)(H,50,54,56)/t36-,37+,39+,40+,41-,43+,44-,68?/m0/s1. The largest absolute Gasteiger partial charge is 0.497 e. The van der Waals surface area contributed by atoms with Crippen LogP contribution >= 0.6 is 7.60 Å². The molecule has 69 heavy (non-hydrogen) atoms. The Hall–Kier alpha value is -5.25. The van der Waals surface area contributed by atoms with Crippen molar-refractivity contribution in [2.75, 3.05) is 41.4 Å². The highest BCUT2D eigenvalue weighted by Gasteiger charge is 2.53. The second kappa shape index (κ2) is 21.0. The number of nitrogens with one attached hydrogen (secondary N) is 2. The average Bonchev–Trinajstić information content (AvgIpc) is 3.89. The number of H-pyrrole nitrogens is 2.